The van der Waals surface area contributed by atoms with Crippen LogP contribution in [0.4, 0.5) is 0 Å². The quantitative estimate of drug-likeness (QED) is 0.0186. The van der Waals surface area contributed by atoms with Gasteiger partial charge in [0.1, 0.15) is 0 Å². The predicted octanol–water partition coefficient (Wildman–Crippen LogP) is 23.8. The molecule has 14 nitrogen and oxygen atoms in total. The Morgan fingerprint density at radius 3 is 1.31 bits per heavy atom. The van der Waals surface area contributed by atoms with Crippen LogP contribution in [0.1, 0.15) is 217 Å². The standard InChI is InChI=1S/C16H21BrO4.C15H24OSi.C14H21BrOSi.C12H14.C11H13BrO2.C11H11BrO.C9H16O4.C7H6Br2.C2H5O.ClH.Na/c1-4-16(14(18)20-5-2,15(19)21-6-3)11-12-9-7-8-10-13(12)17;1-6-12-10-14-11(2)8-7-9-13(14)15(12)16-17(3,4)5;1-5-10-9-12-11(7-6-8-13(12)15)14(10)16-17(2,3)4;1-3-10-7-11-6-4-5-9(2)12(11)8-10;1-2-8(11(13)14)7-9-5-3-4-6-10(9)12;1-2-7-6-9-8(11(7)13)4-3-5-10(9)12;1-4-7(8(10)12-5-2)9(11)13-6-3;8-5-6-3-1-2-4-7(6)9;1-2-3;;/h7-10H,4-6,11H2,1-3H3;7-9,12,15H,6,10H2,1-5H3;6-8,10,14H,5,9H2,1-4H3;4-7H,3,8H2,1-2H3;3-6,8H,2,7H2,1H3,(H,13,14);3-5,7H,2,6H2,1H3;7H,4-6H2,1-3H3;1-4H,5H2;2H2,1H3;1H;/q;;;;;;;;-1;;+1. The molecule has 0 saturated heterocycles. The van der Waals surface area contributed by atoms with E-state index in [0.29, 0.717) is 55.5 Å². The Hall–Kier alpha value is -4.22. The minimum Gasteiger partial charge on any atom is -0.855 e. The van der Waals surface area contributed by atoms with Gasteiger partial charge in [-0.1, -0.05) is 291 Å². The molecule has 0 saturated carbocycles. The maximum atomic E-state index is 12.4. The van der Waals surface area contributed by atoms with Crippen LogP contribution in [-0.4, -0.2) is 90.4 Å². The number of halogens is 7. The van der Waals surface area contributed by atoms with E-state index in [2.05, 4.69) is 243 Å². The van der Waals surface area contributed by atoms with Gasteiger partial charge in [0.05, 0.1) is 44.6 Å². The zero-order valence-electron chi connectivity index (χ0n) is 75.3. The van der Waals surface area contributed by atoms with E-state index in [-0.39, 0.29) is 93.3 Å². The topological polar surface area (TPSA) is 201 Å². The van der Waals surface area contributed by atoms with Crippen LogP contribution in [0.2, 0.25) is 39.3 Å². The molecule has 6 unspecified atom stereocenters. The van der Waals surface area contributed by atoms with Crippen LogP contribution in [0.5, 0.6) is 0 Å². The summed E-state index contributed by atoms with van der Waals surface area (Å²) in [5.41, 5.74) is 17.3. The Morgan fingerprint density at radius 2 is 0.917 bits per heavy atom. The molecule has 4 aliphatic carbocycles. The van der Waals surface area contributed by atoms with Crippen molar-refractivity contribution in [2.75, 3.05) is 33.0 Å². The van der Waals surface area contributed by atoms with Gasteiger partial charge >= 0.3 is 59.4 Å². The Labute approximate surface area is 805 Å². The van der Waals surface area contributed by atoms with Crippen molar-refractivity contribution in [3.63, 3.8) is 0 Å². The summed E-state index contributed by atoms with van der Waals surface area (Å²) in [4.78, 5) is 69.7. The Bertz CT molecular complexity index is 4240. The number of hydrogen-bond donors (Lipinski definition) is 1. The van der Waals surface area contributed by atoms with E-state index in [1.807, 2.05) is 91.9 Å². The van der Waals surface area contributed by atoms with Crippen molar-refractivity contribution in [2.45, 2.75) is 237 Å². The Balaban J connectivity index is 0.000000692. The first kappa shape index (κ1) is 115. The minimum atomic E-state index is -1.48. The summed E-state index contributed by atoms with van der Waals surface area (Å²) in [6, 6.07) is 49.0. The summed E-state index contributed by atoms with van der Waals surface area (Å²) in [7, 11) is -2.95. The number of Topliss-reactive ketones (excluding diaryl/α,β-unsaturated/α-hetero) is 1. The summed E-state index contributed by atoms with van der Waals surface area (Å²) in [6.07, 6.45) is 14.2. The minimum absolute atomic E-state index is 0. The molecule has 662 valence electrons. The van der Waals surface area contributed by atoms with E-state index in [0.717, 1.165) is 54.7 Å². The number of hydrogen-bond acceptors (Lipinski definition) is 13. The van der Waals surface area contributed by atoms with Crippen LogP contribution in [0.15, 0.2) is 174 Å². The summed E-state index contributed by atoms with van der Waals surface area (Å²) in [6.45, 7) is 41.9. The molecule has 0 aliphatic heterocycles. The molecule has 6 atom stereocenters. The molecule has 0 heterocycles. The zero-order chi connectivity index (χ0) is 89.3. The second-order valence-electron chi connectivity index (χ2n) is 31.3. The number of carboxylic acids is 1. The van der Waals surface area contributed by atoms with Crippen molar-refractivity contribution in [1.29, 1.82) is 0 Å². The molecule has 0 amide bonds. The number of fused-ring (bicyclic) bond motifs is 4. The van der Waals surface area contributed by atoms with Crippen LogP contribution >= 0.6 is 108 Å². The van der Waals surface area contributed by atoms with Crippen molar-refractivity contribution in [3.8, 4) is 0 Å². The number of allylic oxidation sites excluding steroid dienone is 1. The van der Waals surface area contributed by atoms with Crippen molar-refractivity contribution in [1.82, 2.24) is 0 Å². The third kappa shape index (κ3) is 37.2. The van der Waals surface area contributed by atoms with Crippen molar-refractivity contribution in [2.24, 2.45) is 35.0 Å². The van der Waals surface area contributed by atoms with Crippen LogP contribution in [0.3, 0.4) is 0 Å². The average Bonchev–Trinajstić information content (AvgIpc) is 1.71. The van der Waals surface area contributed by atoms with Crippen molar-refractivity contribution < 1.29 is 96.3 Å². The summed E-state index contributed by atoms with van der Waals surface area (Å²) in [5.74, 6) is -1.95. The third-order valence-electron chi connectivity index (χ3n) is 20.7. The molecule has 0 radical (unpaired) electrons. The maximum Gasteiger partial charge on any atom is 1.00 e. The Morgan fingerprint density at radius 1 is 0.504 bits per heavy atom. The number of benzene rings is 7. The molecule has 121 heavy (non-hydrogen) atoms. The van der Waals surface area contributed by atoms with Crippen LogP contribution in [0, 0.1) is 48.9 Å². The smallest absolute Gasteiger partial charge is 0.855 e. The van der Waals surface area contributed by atoms with Gasteiger partial charge < -0.3 is 38.0 Å². The predicted molar refractivity (Wildman–Crippen MR) is 518 cm³/mol. The number of ether oxygens (including phenoxy) is 4. The second kappa shape index (κ2) is 59.8. The fraction of sp³-hybridized carbons (Fsp3) is 0.485. The number of aliphatic carboxylic acids is 1. The van der Waals surface area contributed by atoms with Crippen molar-refractivity contribution >= 4 is 166 Å². The molecular weight excluding hydrogens is 1980 g/mol. The molecule has 0 spiro atoms. The molecule has 0 fully saturated rings. The van der Waals surface area contributed by atoms with Crippen LogP contribution in [-0.2, 0) is 95.6 Å². The number of rotatable bonds is 25. The maximum absolute atomic E-state index is 12.4. The van der Waals surface area contributed by atoms with Gasteiger partial charge in [0.15, 0.2) is 33.8 Å². The molecule has 4 aliphatic rings. The van der Waals surface area contributed by atoms with Crippen molar-refractivity contribution in [3.05, 3.63) is 246 Å². The average molecular weight is 2120 g/mol. The van der Waals surface area contributed by atoms with Crippen LogP contribution in [0.25, 0.3) is 6.08 Å². The molecule has 0 aromatic heterocycles. The van der Waals surface area contributed by atoms with Gasteiger partial charge in [0, 0.05) is 45.6 Å². The number of ketones is 1. The van der Waals surface area contributed by atoms with Gasteiger partial charge in [0.2, 0.25) is 0 Å². The van der Waals surface area contributed by atoms with E-state index in [1.165, 1.54) is 91.1 Å². The van der Waals surface area contributed by atoms with E-state index >= 15 is 0 Å². The number of carbonyl (C=O) groups is 6. The van der Waals surface area contributed by atoms with Gasteiger partial charge in [-0.2, -0.15) is 0 Å². The fourth-order valence-corrected chi connectivity index (χ4v) is 19.5. The summed E-state index contributed by atoms with van der Waals surface area (Å²) in [5, 5.41) is 18.8. The number of aryl methyl sites for hydroxylation is 2. The zero-order valence-corrected chi connectivity index (χ0v) is 89.7. The van der Waals surface area contributed by atoms with E-state index in [9.17, 15) is 28.8 Å². The number of alkyl halides is 1. The summed E-state index contributed by atoms with van der Waals surface area (Å²) < 4.78 is 37.9. The van der Waals surface area contributed by atoms with E-state index in [4.69, 9.17) is 38.0 Å². The third-order valence-corrected chi connectivity index (χ3v) is 27.0. The Kier molecular flexibility index (Phi) is 56.7. The number of esters is 4. The molecule has 7 aromatic carbocycles. The van der Waals surface area contributed by atoms with Gasteiger partial charge in [0.25, 0.3) is 0 Å². The number of carboxylic acid groups (broad SMARTS) is 1. The monoisotopic (exact) mass is 2110 g/mol. The van der Waals surface area contributed by atoms with E-state index in [1.54, 1.807) is 59.6 Å². The molecule has 7 aromatic rings. The number of carbonyl (C=O) groups excluding carboxylic acids is 5. The first-order valence-electron chi connectivity index (χ1n) is 42.0. The molecule has 24 heteroatoms. The first-order chi connectivity index (χ1) is 56.5. The first-order valence-corrected chi connectivity index (χ1v) is 53.9. The fourth-order valence-electron chi connectivity index (χ4n) is 14.1. The largest absolute Gasteiger partial charge is 1.00 e. The summed E-state index contributed by atoms with van der Waals surface area (Å²) >= 11 is 20.8. The SMILES string of the molecule is BrCc1ccccc1Br.CCC(Cc1ccccc1Br)C(=O)O.CCC1=Cc2cccc(C)c2C1.CCC1Cc2c(Br)cccc2C1=O.CCC1Cc2c(Br)cccc2C1O[Si](C)(C)C.CCC1Cc2c(C)cccc2C1O[Si](C)(C)C.CCOC(=O)C(CC)(Cc1ccccc1Br)C(=O)OCC.CCOC(=O)C(CC)C(=O)OCC.CC[O-].Cl.[Na+]. The van der Waals surface area contributed by atoms with Crippen LogP contribution < -0.4 is 34.7 Å². The van der Waals surface area contributed by atoms with Gasteiger partial charge in [-0.05, 0) is 254 Å². The second-order valence-corrected chi connectivity index (χ2v) is 45.0. The van der Waals surface area contributed by atoms with Gasteiger partial charge in [-0.3, -0.25) is 28.8 Å². The van der Waals surface area contributed by atoms with E-state index < -0.39 is 57.8 Å². The van der Waals surface area contributed by atoms with Gasteiger partial charge in [-0.15, -0.1) is 19.0 Å². The normalized spacial score (nSPS) is 15.6. The van der Waals surface area contributed by atoms with Gasteiger partial charge in [-0.25, -0.2) is 0 Å². The molecule has 11 rings (SSSR count). The molecule has 0 bridgehead atoms. The molecular formula is C97H132Br6ClNaO14Si2. The molecule has 1 N–H and O–H groups in total.